The third-order valence-electron chi connectivity index (χ3n) is 11.3. The first-order valence-electron chi connectivity index (χ1n) is 19.0. The van der Waals surface area contributed by atoms with Gasteiger partial charge in [-0.05, 0) is 102 Å². The minimum atomic E-state index is -0.797. The van der Waals surface area contributed by atoms with E-state index in [-0.39, 0.29) is 11.8 Å². The van der Waals surface area contributed by atoms with Crippen LogP contribution in [0.25, 0.3) is 0 Å². The summed E-state index contributed by atoms with van der Waals surface area (Å²) >= 11 is 0. The Morgan fingerprint density at radius 3 is 2.04 bits per heavy atom. The molecule has 3 aromatic rings. The molecule has 2 saturated heterocycles. The normalized spacial score (nSPS) is 18.0. The van der Waals surface area contributed by atoms with Gasteiger partial charge in [0.2, 0.25) is 5.91 Å². The van der Waals surface area contributed by atoms with Gasteiger partial charge in [-0.3, -0.25) is 19.6 Å². The number of nitrogens with zero attached hydrogens (tertiary/aromatic N) is 4. The Kier molecular flexibility index (Phi) is 14.1. The molecule has 49 heavy (non-hydrogen) atoms. The molecular formula is C42H61N5O2. The molecule has 266 valence electrons. The van der Waals surface area contributed by atoms with Crippen LogP contribution in [0.3, 0.4) is 0 Å². The average molecular weight is 668 g/mol. The molecule has 0 saturated carbocycles. The van der Waals surface area contributed by atoms with Gasteiger partial charge < -0.3 is 15.4 Å². The Morgan fingerprint density at radius 2 is 1.45 bits per heavy atom. The third kappa shape index (κ3) is 9.50. The van der Waals surface area contributed by atoms with Crippen molar-refractivity contribution in [1.29, 1.82) is 0 Å². The molecule has 0 unspecified atom stereocenters. The minimum absolute atomic E-state index is 0.170. The van der Waals surface area contributed by atoms with Crippen LogP contribution >= 0.6 is 0 Å². The maximum absolute atomic E-state index is 13.4. The predicted molar refractivity (Wildman–Crippen MR) is 201 cm³/mol. The summed E-state index contributed by atoms with van der Waals surface area (Å²) in [5.41, 5.74) is 8.70. The lowest BCUT2D eigenvalue weighted by Crippen LogP contribution is -2.49. The van der Waals surface area contributed by atoms with Gasteiger partial charge in [0.1, 0.15) is 11.2 Å². The molecule has 1 atom stereocenters. The van der Waals surface area contributed by atoms with Gasteiger partial charge in [0.25, 0.3) is 0 Å². The Bertz CT molecular complexity index is 1350. The van der Waals surface area contributed by atoms with Crippen molar-refractivity contribution in [3.05, 3.63) is 95.8 Å². The lowest BCUT2D eigenvalue weighted by molar-refractivity contribution is -0.123. The maximum atomic E-state index is 13.4. The summed E-state index contributed by atoms with van der Waals surface area (Å²) in [7, 11) is 1.74. The van der Waals surface area contributed by atoms with Crippen molar-refractivity contribution in [1.82, 2.24) is 19.7 Å². The van der Waals surface area contributed by atoms with E-state index < -0.39 is 5.41 Å². The molecule has 1 aromatic heterocycles. The Balaban J connectivity index is 0.979. The number of rotatable bonds is 19. The molecule has 7 nitrogen and oxygen atoms in total. The van der Waals surface area contributed by atoms with Gasteiger partial charge in [0.15, 0.2) is 0 Å². The quantitative estimate of drug-likeness (QED) is 0.135. The van der Waals surface area contributed by atoms with Crippen LogP contribution in [0.1, 0.15) is 94.7 Å². The molecule has 7 heteroatoms. The van der Waals surface area contributed by atoms with Crippen LogP contribution in [0.4, 0.5) is 0 Å². The first kappa shape index (κ1) is 37.0. The Morgan fingerprint density at radius 1 is 0.857 bits per heavy atom. The van der Waals surface area contributed by atoms with Gasteiger partial charge in [0.05, 0.1) is 7.11 Å². The number of carbonyl (C=O) groups is 1. The number of piperidine rings is 1. The monoisotopic (exact) mass is 667 g/mol. The van der Waals surface area contributed by atoms with Crippen LogP contribution in [0.5, 0.6) is 5.75 Å². The van der Waals surface area contributed by atoms with Crippen molar-refractivity contribution in [3.8, 4) is 5.75 Å². The van der Waals surface area contributed by atoms with Gasteiger partial charge in [-0.25, -0.2) is 0 Å². The zero-order valence-electron chi connectivity index (χ0n) is 30.4. The fraction of sp³-hybridized carbons (Fsp3) is 0.571. The van der Waals surface area contributed by atoms with E-state index in [9.17, 15) is 4.79 Å². The van der Waals surface area contributed by atoms with Gasteiger partial charge in [-0.2, -0.15) is 0 Å². The number of hydrogen-bond donors (Lipinski definition) is 1. The number of unbranched alkanes of at least 4 members (excludes halogenated alkanes) is 6. The summed E-state index contributed by atoms with van der Waals surface area (Å²) in [5.74, 6) is 0.873. The second-order valence-electron chi connectivity index (χ2n) is 14.7. The molecule has 2 N–H and O–H groups in total. The standard InChI is InChI=1S/C42H61N5O2/c1-34(2)47(39-23-29-46(30-24-39)32-35-31-44-25-21-40(35)49-3)27-16-8-6-4-5-7-15-26-45-28-22-38(33-45)42(41(43)48,36-17-11-9-12-18-36)37-19-13-10-14-20-37/h9-14,17-21,25,31,34,38-39H,4-8,15-16,22-24,26-30,32-33H2,1-3H3,(H2,43,48)/t38-/m1/s1. The molecule has 5 rings (SSSR count). The van der Waals surface area contributed by atoms with Crippen LogP contribution in [0, 0.1) is 5.92 Å². The second-order valence-corrected chi connectivity index (χ2v) is 14.7. The fourth-order valence-corrected chi connectivity index (χ4v) is 8.67. The molecule has 0 spiro atoms. The number of primary amides is 1. The highest BCUT2D eigenvalue weighted by atomic mass is 16.5. The lowest BCUT2D eigenvalue weighted by Gasteiger charge is -2.40. The van der Waals surface area contributed by atoms with E-state index in [4.69, 9.17) is 10.5 Å². The zero-order valence-corrected chi connectivity index (χ0v) is 30.4. The minimum Gasteiger partial charge on any atom is -0.496 e. The molecular weight excluding hydrogens is 606 g/mol. The zero-order chi connectivity index (χ0) is 34.5. The number of nitrogens with two attached hydrogens (primary N) is 1. The average Bonchev–Trinajstić information content (AvgIpc) is 3.59. The first-order valence-corrected chi connectivity index (χ1v) is 19.0. The van der Waals surface area contributed by atoms with Gasteiger partial charge in [0, 0.05) is 43.1 Å². The Hall–Kier alpha value is -3.26. The van der Waals surface area contributed by atoms with E-state index in [2.05, 4.69) is 57.8 Å². The maximum Gasteiger partial charge on any atom is 0.232 e. The Labute approximate surface area is 296 Å². The molecule has 2 aliphatic rings. The van der Waals surface area contributed by atoms with E-state index in [0.717, 1.165) is 62.6 Å². The number of hydrogen-bond acceptors (Lipinski definition) is 6. The first-order chi connectivity index (χ1) is 23.9. The predicted octanol–water partition coefficient (Wildman–Crippen LogP) is 7.29. The number of ether oxygens (including phenoxy) is 1. The van der Waals surface area contributed by atoms with Crippen LogP contribution in [0.15, 0.2) is 79.1 Å². The molecule has 0 radical (unpaired) electrons. The highest BCUT2D eigenvalue weighted by Gasteiger charge is 2.49. The van der Waals surface area contributed by atoms with Crippen LogP contribution in [0.2, 0.25) is 0 Å². The van der Waals surface area contributed by atoms with Crippen molar-refractivity contribution < 1.29 is 9.53 Å². The summed E-state index contributed by atoms with van der Waals surface area (Å²) in [6.07, 6.45) is 16.3. The number of aromatic nitrogens is 1. The number of pyridine rings is 1. The number of methoxy groups -OCH3 is 1. The smallest absolute Gasteiger partial charge is 0.232 e. The molecule has 1 amide bonds. The van der Waals surface area contributed by atoms with Crippen molar-refractivity contribution in [2.75, 3.05) is 46.4 Å². The molecule has 0 bridgehead atoms. The van der Waals surface area contributed by atoms with Crippen LogP contribution in [-0.2, 0) is 16.8 Å². The summed E-state index contributed by atoms with van der Waals surface area (Å²) in [6.45, 7) is 12.2. The number of benzene rings is 2. The molecule has 2 fully saturated rings. The van der Waals surface area contributed by atoms with Gasteiger partial charge in [-0.15, -0.1) is 0 Å². The number of carbonyl (C=O) groups excluding carboxylic acids is 1. The summed E-state index contributed by atoms with van der Waals surface area (Å²) in [5, 5.41) is 0. The van der Waals surface area contributed by atoms with Crippen molar-refractivity contribution in [3.63, 3.8) is 0 Å². The van der Waals surface area contributed by atoms with E-state index in [1.165, 1.54) is 69.9 Å². The summed E-state index contributed by atoms with van der Waals surface area (Å²) in [4.78, 5) is 25.6. The van der Waals surface area contributed by atoms with E-state index in [0.29, 0.717) is 12.1 Å². The van der Waals surface area contributed by atoms with Gasteiger partial charge in [-0.1, -0.05) is 92.8 Å². The molecule has 2 aromatic carbocycles. The fourth-order valence-electron chi connectivity index (χ4n) is 8.67. The molecule has 3 heterocycles. The lowest BCUT2D eigenvalue weighted by atomic mass is 9.64. The highest BCUT2D eigenvalue weighted by molar-refractivity contribution is 5.91. The van der Waals surface area contributed by atoms with Crippen LogP contribution in [-0.4, -0.2) is 84.1 Å². The van der Waals surface area contributed by atoms with E-state index in [1.807, 2.05) is 48.7 Å². The topological polar surface area (TPSA) is 74.9 Å². The third-order valence-corrected chi connectivity index (χ3v) is 11.3. The van der Waals surface area contributed by atoms with Crippen molar-refractivity contribution >= 4 is 5.91 Å². The largest absolute Gasteiger partial charge is 0.496 e. The number of amides is 1. The SMILES string of the molecule is COc1ccncc1CN1CCC(N(CCCCCCCCCN2CC[C@@H](C(C(N)=O)(c3ccccc3)c3ccccc3)C2)C(C)C)CC1. The van der Waals surface area contributed by atoms with E-state index >= 15 is 0 Å². The molecule has 2 aliphatic heterocycles. The number of likely N-dealkylation sites (tertiary alicyclic amines) is 2. The molecule has 0 aliphatic carbocycles. The summed E-state index contributed by atoms with van der Waals surface area (Å²) in [6, 6.07) is 23.7. The van der Waals surface area contributed by atoms with Crippen molar-refractivity contribution in [2.45, 2.75) is 102 Å². The van der Waals surface area contributed by atoms with E-state index in [1.54, 1.807) is 13.3 Å². The van der Waals surface area contributed by atoms with Crippen molar-refractivity contribution in [2.24, 2.45) is 11.7 Å². The second kappa shape index (κ2) is 18.7. The highest BCUT2D eigenvalue weighted by Crippen LogP contribution is 2.43. The summed E-state index contributed by atoms with van der Waals surface area (Å²) < 4.78 is 5.55. The van der Waals surface area contributed by atoms with Gasteiger partial charge >= 0.3 is 0 Å². The van der Waals surface area contributed by atoms with Crippen LogP contribution < -0.4 is 10.5 Å².